The van der Waals surface area contributed by atoms with Gasteiger partial charge in [-0.3, -0.25) is 24.7 Å². The van der Waals surface area contributed by atoms with Crippen LogP contribution in [0.3, 0.4) is 0 Å². The van der Waals surface area contributed by atoms with Crippen molar-refractivity contribution in [2.45, 2.75) is 32.1 Å². The molecule has 2 amide bonds. The van der Waals surface area contributed by atoms with E-state index in [9.17, 15) is 19.7 Å². The summed E-state index contributed by atoms with van der Waals surface area (Å²) in [6.45, 7) is 4.69. The number of ether oxygens (including phenoxy) is 4. The van der Waals surface area contributed by atoms with E-state index in [-0.39, 0.29) is 42.5 Å². The number of para-hydroxylation sites is 2. The number of carbonyl (C=O) groups excluding carboxylic acids is 2. The third-order valence-corrected chi connectivity index (χ3v) is 10.9. The first kappa shape index (κ1) is 36.5. The van der Waals surface area contributed by atoms with Crippen molar-refractivity contribution in [1.82, 2.24) is 0 Å². The lowest BCUT2D eigenvalue weighted by Gasteiger charge is -2.24. The van der Waals surface area contributed by atoms with Gasteiger partial charge in [0.1, 0.15) is 13.2 Å². The Morgan fingerprint density at radius 1 is 0.857 bits per heavy atom. The van der Waals surface area contributed by atoms with Gasteiger partial charge in [-0.15, -0.1) is 0 Å². The third-order valence-electron chi connectivity index (χ3n) is 10.4. The molecule has 0 bridgehead atoms. The molecule has 0 aliphatic carbocycles. The highest BCUT2D eigenvalue weighted by atomic mass is 31.0. The molecule has 284 valence electrons. The van der Waals surface area contributed by atoms with E-state index in [0.29, 0.717) is 64.0 Å². The van der Waals surface area contributed by atoms with Gasteiger partial charge >= 0.3 is 0 Å². The van der Waals surface area contributed by atoms with Gasteiger partial charge in [-0.2, -0.15) is 0 Å². The SMILES string of the molecule is C=Nc1cc(OCc2cc(COc3cc4c(cc3OC)C(=O)N3c5ccccc5C[C@H]3CN4P)cc([N+](=O)[O-])c2)c(OC)cc1C(=O)N1CCc2ccccc21. The average Bonchev–Trinajstić information content (AvgIpc) is 3.80. The minimum absolute atomic E-state index is 0.0406. The quantitative estimate of drug-likeness (QED) is 0.0579. The molecule has 0 aromatic heterocycles. The highest BCUT2D eigenvalue weighted by molar-refractivity contribution is 7.19. The summed E-state index contributed by atoms with van der Waals surface area (Å²) < 4.78 is 25.7. The highest BCUT2D eigenvalue weighted by Crippen LogP contribution is 2.44. The van der Waals surface area contributed by atoms with Crippen LogP contribution in [0.2, 0.25) is 0 Å². The molecular weight excluding hydrogens is 733 g/mol. The molecule has 13 nitrogen and oxygen atoms in total. The van der Waals surface area contributed by atoms with Gasteiger partial charge in [-0.05, 0) is 81.5 Å². The number of hydrogen-bond acceptors (Lipinski definition) is 10. The van der Waals surface area contributed by atoms with Crippen molar-refractivity contribution in [2.24, 2.45) is 4.99 Å². The Kier molecular flexibility index (Phi) is 9.78. The van der Waals surface area contributed by atoms with Crippen molar-refractivity contribution in [3.05, 3.63) is 134 Å². The molecule has 56 heavy (non-hydrogen) atoms. The van der Waals surface area contributed by atoms with Crippen LogP contribution in [0, 0.1) is 10.1 Å². The molecule has 3 heterocycles. The number of hydrogen-bond donors (Lipinski definition) is 0. The minimum atomic E-state index is -0.477. The van der Waals surface area contributed by atoms with Crippen LogP contribution < -0.4 is 33.4 Å². The summed E-state index contributed by atoms with van der Waals surface area (Å²) in [6, 6.07) is 26.9. The lowest BCUT2D eigenvalue weighted by atomic mass is 10.1. The molecule has 8 rings (SSSR count). The molecule has 5 aromatic carbocycles. The summed E-state index contributed by atoms with van der Waals surface area (Å²) in [5, 5.41) is 12.0. The number of aliphatic imine (C=N–C) groups is 1. The second-order valence-electron chi connectivity index (χ2n) is 13.7. The summed E-state index contributed by atoms with van der Waals surface area (Å²) in [4.78, 5) is 47.0. The topological polar surface area (TPSA) is 136 Å². The van der Waals surface area contributed by atoms with Crippen LogP contribution in [0.4, 0.5) is 28.4 Å². The Hall–Kier alpha value is -6.46. The molecule has 0 fully saturated rings. The monoisotopic (exact) mass is 771 g/mol. The van der Waals surface area contributed by atoms with Gasteiger partial charge in [0.2, 0.25) is 0 Å². The van der Waals surface area contributed by atoms with E-state index >= 15 is 0 Å². The molecule has 2 atom stereocenters. The minimum Gasteiger partial charge on any atom is -0.493 e. The molecule has 0 saturated carbocycles. The zero-order chi connectivity index (χ0) is 39.1. The number of rotatable bonds is 11. The fraction of sp³-hybridized carbons (Fsp3) is 0.214. The fourth-order valence-corrected chi connectivity index (χ4v) is 8.18. The molecule has 5 aromatic rings. The third kappa shape index (κ3) is 6.64. The maximum absolute atomic E-state index is 14.0. The van der Waals surface area contributed by atoms with Crippen molar-refractivity contribution in [2.75, 3.05) is 41.8 Å². The van der Waals surface area contributed by atoms with Crippen molar-refractivity contribution in [1.29, 1.82) is 0 Å². The number of fused-ring (bicyclic) bond motifs is 5. The second kappa shape index (κ2) is 15.0. The first-order chi connectivity index (χ1) is 27.2. The van der Waals surface area contributed by atoms with Gasteiger partial charge in [-0.25, -0.2) is 0 Å². The molecule has 0 saturated heterocycles. The summed E-state index contributed by atoms with van der Waals surface area (Å²) in [6.07, 6.45) is 1.50. The summed E-state index contributed by atoms with van der Waals surface area (Å²) in [7, 11) is 5.69. The summed E-state index contributed by atoms with van der Waals surface area (Å²) in [5.74, 6) is 0.945. The second-order valence-corrected chi connectivity index (χ2v) is 14.3. The van der Waals surface area contributed by atoms with Crippen LogP contribution in [0.25, 0.3) is 0 Å². The van der Waals surface area contributed by atoms with Crippen molar-refractivity contribution in [3.8, 4) is 23.0 Å². The van der Waals surface area contributed by atoms with E-state index < -0.39 is 4.92 Å². The Morgan fingerprint density at radius 3 is 2.18 bits per heavy atom. The Balaban J connectivity index is 1.02. The number of nitrogens with zero attached hydrogens (tertiary/aromatic N) is 5. The van der Waals surface area contributed by atoms with Crippen LogP contribution in [0.1, 0.15) is 43.0 Å². The Labute approximate surface area is 325 Å². The van der Waals surface area contributed by atoms with Gasteiger partial charge in [0.15, 0.2) is 23.0 Å². The number of benzene rings is 5. The zero-order valence-electron chi connectivity index (χ0n) is 30.8. The molecular formula is C42H38N5O8P. The first-order valence-corrected chi connectivity index (χ1v) is 18.5. The van der Waals surface area contributed by atoms with Gasteiger partial charge in [0.05, 0.1) is 47.7 Å². The number of carbonyl (C=O) groups is 2. The van der Waals surface area contributed by atoms with Gasteiger partial charge in [0, 0.05) is 48.7 Å². The number of non-ortho nitro benzene ring substituents is 1. The van der Waals surface area contributed by atoms with Crippen molar-refractivity contribution >= 4 is 56.4 Å². The van der Waals surface area contributed by atoms with E-state index in [1.54, 1.807) is 35.2 Å². The molecule has 3 aliphatic rings. The summed E-state index contributed by atoms with van der Waals surface area (Å²) >= 11 is 0. The van der Waals surface area contributed by atoms with Crippen LogP contribution in [0.15, 0.2) is 96.0 Å². The van der Waals surface area contributed by atoms with E-state index in [0.717, 1.165) is 35.3 Å². The van der Waals surface area contributed by atoms with E-state index in [1.165, 1.54) is 26.4 Å². The van der Waals surface area contributed by atoms with Gasteiger partial charge < -0.3 is 33.4 Å². The molecule has 0 N–H and O–H groups in total. The van der Waals surface area contributed by atoms with Crippen molar-refractivity contribution in [3.63, 3.8) is 0 Å². The van der Waals surface area contributed by atoms with E-state index in [4.69, 9.17) is 18.9 Å². The molecule has 1 unspecified atom stereocenters. The number of nitro benzene ring substituents is 1. The predicted octanol–water partition coefficient (Wildman–Crippen LogP) is 7.49. The fourth-order valence-electron chi connectivity index (χ4n) is 7.72. The van der Waals surface area contributed by atoms with Gasteiger partial charge in [0.25, 0.3) is 17.5 Å². The lowest BCUT2D eigenvalue weighted by molar-refractivity contribution is -0.385. The van der Waals surface area contributed by atoms with Crippen LogP contribution in [-0.4, -0.2) is 56.8 Å². The lowest BCUT2D eigenvalue weighted by Crippen LogP contribution is -2.40. The number of anilines is 3. The number of nitro groups is 1. The Morgan fingerprint density at radius 2 is 1.50 bits per heavy atom. The van der Waals surface area contributed by atoms with E-state index in [2.05, 4.69) is 27.2 Å². The van der Waals surface area contributed by atoms with Gasteiger partial charge in [-0.1, -0.05) is 36.4 Å². The number of methoxy groups -OCH3 is 2. The van der Waals surface area contributed by atoms with Crippen LogP contribution >= 0.6 is 9.39 Å². The number of amides is 2. The predicted molar refractivity (Wildman–Crippen MR) is 217 cm³/mol. The molecule has 3 aliphatic heterocycles. The van der Waals surface area contributed by atoms with Crippen molar-refractivity contribution < 1.29 is 33.5 Å². The van der Waals surface area contributed by atoms with Crippen LogP contribution in [-0.2, 0) is 26.1 Å². The first-order valence-electron chi connectivity index (χ1n) is 17.9. The smallest absolute Gasteiger partial charge is 0.270 e. The van der Waals surface area contributed by atoms with Crippen LogP contribution in [0.5, 0.6) is 23.0 Å². The molecule has 14 heteroatoms. The average molecular weight is 772 g/mol. The molecule has 0 radical (unpaired) electrons. The molecule has 0 spiro atoms. The standard InChI is InChI=1S/C42H38N5O8P/c1-43-33-20-39(37(52-2)18-31(33)41(48)44-13-12-27-8-4-6-10-34(27)44)54-23-25-14-26(16-29(15-25)47(50)51)24-55-40-21-36-32(19-38(40)53-3)42(49)46-30(22-45(36)56)17-28-9-5-7-11-35(28)46/h4-11,14-16,18-21,30H,1,12-13,17,22-24,56H2,2-3H3/t30-/m0/s1. The maximum atomic E-state index is 14.0. The highest BCUT2D eigenvalue weighted by Gasteiger charge is 2.39. The normalized spacial score (nSPS) is 15.3. The summed E-state index contributed by atoms with van der Waals surface area (Å²) in [5.41, 5.74) is 6.61. The largest absolute Gasteiger partial charge is 0.493 e. The van der Waals surface area contributed by atoms with E-state index in [1.807, 2.05) is 52.0 Å². The maximum Gasteiger partial charge on any atom is 0.270 e. The zero-order valence-corrected chi connectivity index (χ0v) is 31.9. The Bertz CT molecular complexity index is 2420.